The minimum atomic E-state index is -0.955. The first-order valence-corrected chi connectivity index (χ1v) is 6.81. The monoisotopic (exact) mass is 256 g/mol. The van der Waals surface area contributed by atoms with E-state index < -0.39 is 5.97 Å². The molecule has 0 amide bonds. The van der Waals surface area contributed by atoms with E-state index in [1.54, 1.807) is 0 Å². The summed E-state index contributed by atoms with van der Waals surface area (Å²) in [6.07, 6.45) is 2.99. The Morgan fingerprint density at radius 1 is 1.28 bits per heavy atom. The van der Waals surface area contributed by atoms with Crippen LogP contribution in [0, 0.1) is 17.8 Å². The molecule has 1 N–H and O–H groups in total. The Hall–Kier alpha value is -1.06. The summed E-state index contributed by atoms with van der Waals surface area (Å²) in [5.41, 5.74) is 0. The van der Waals surface area contributed by atoms with Crippen LogP contribution in [-0.2, 0) is 14.3 Å². The minimum absolute atomic E-state index is 0.0229. The van der Waals surface area contributed by atoms with E-state index in [9.17, 15) is 9.59 Å². The van der Waals surface area contributed by atoms with Gasteiger partial charge in [-0.1, -0.05) is 20.8 Å². The maximum absolute atomic E-state index is 11.6. The molecule has 0 aliphatic heterocycles. The number of carbonyl (C=O) groups excluding carboxylic acids is 1. The number of carbonyl (C=O) groups is 2. The second-order valence-electron chi connectivity index (χ2n) is 5.72. The third-order valence-electron chi connectivity index (χ3n) is 3.93. The Labute approximate surface area is 109 Å². The van der Waals surface area contributed by atoms with Gasteiger partial charge in [-0.05, 0) is 37.0 Å². The Morgan fingerprint density at radius 2 is 1.94 bits per heavy atom. The topological polar surface area (TPSA) is 63.6 Å². The zero-order valence-corrected chi connectivity index (χ0v) is 11.5. The van der Waals surface area contributed by atoms with E-state index >= 15 is 0 Å². The summed E-state index contributed by atoms with van der Waals surface area (Å²) in [5, 5.41) is 8.53. The van der Waals surface area contributed by atoms with Crippen molar-refractivity contribution in [1.82, 2.24) is 0 Å². The highest BCUT2D eigenvalue weighted by molar-refractivity contribution is 5.76. The summed E-state index contributed by atoms with van der Waals surface area (Å²) in [4.78, 5) is 21.9. The maximum atomic E-state index is 11.6. The number of hydrogen-bond acceptors (Lipinski definition) is 3. The van der Waals surface area contributed by atoms with Gasteiger partial charge in [-0.25, -0.2) is 0 Å². The number of carboxylic acid groups (broad SMARTS) is 1. The lowest BCUT2D eigenvalue weighted by Crippen LogP contribution is -2.34. The molecule has 0 aromatic rings. The van der Waals surface area contributed by atoms with Crippen molar-refractivity contribution in [3.05, 3.63) is 0 Å². The molecule has 0 aromatic heterocycles. The van der Waals surface area contributed by atoms with Gasteiger partial charge in [0, 0.05) is 0 Å². The van der Waals surface area contributed by atoms with Crippen LogP contribution in [0.2, 0.25) is 0 Å². The average Bonchev–Trinajstić information content (AvgIpc) is 2.29. The van der Waals surface area contributed by atoms with Crippen LogP contribution in [0.15, 0.2) is 0 Å². The van der Waals surface area contributed by atoms with Gasteiger partial charge in [0.05, 0.1) is 12.8 Å². The van der Waals surface area contributed by atoms with E-state index in [2.05, 4.69) is 20.8 Å². The van der Waals surface area contributed by atoms with Gasteiger partial charge in [0.25, 0.3) is 0 Å². The first-order valence-electron chi connectivity index (χ1n) is 6.81. The van der Waals surface area contributed by atoms with E-state index in [0.717, 1.165) is 12.8 Å². The smallest absolute Gasteiger partial charge is 0.306 e. The molecular weight excluding hydrogens is 232 g/mol. The van der Waals surface area contributed by atoms with Crippen LogP contribution in [0.3, 0.4) is 0 Å². The van der Waals surface area contributed by atoms with Crippen LogP contribution < -0.4 is 0 Å². The van der Waals surface area contributed by atoms with E-state index in [-0.39, 0.29) is 24.9 Å². The fraction of sp³-hybridized carbons (Fsp3) is 0.857. The van der Waals surface area contributed by atoms with Gasteiger partial charge in [0.15, 0.2) is 0 Å². The molecule has 0 spiro atoms. The summed E-state index contributed by atoms with van der Waals surface area (Å²) >= 11 is 0. The number of ether oxygens (including phenoxy) is 1. The second kappa shape index (κ2) is 6.76. The molecule has 1 fully saturated rings. The van der Waals surface area contributed by atoms with Gasteiger partial charge in [-0.15, -0.1) is 0 Å². The first-order chi connectivity index (χ1) is 8.40. The molecule has 1 saturated carbocycles. The quantitative estimate of drug-likeness (QED) is 0.768. The molecule has 1 rings (SSSR count). The second-order valence-corrected chi connectivity index (χ2v) is 5.72. The lowest BCUT2D eigenvalue weighted by atomic mass is 9.76. The molecule has 0 bridgehead atoms. The van der Waals surface area contributed by atoms with Crippen molar-refractivity contribution in [2.45, 2.75) is 59.0 Å². The van der Waals surface area contributed by atoms with Gasteiger partial charge in [0.1, 0.15) is 6.10 Å². The lowest BCUT2D eigenvalue weighted by Gasteiger charge is -2.35. The average molecular weight is 256 g/mol. The first kappa shape index (κ1) is 15.0. The van der Waals surface area contributed by atoms with Crippen molar-refractivity contribution in [2.75, 3.05) is 0 Å². The molecule has 0 aromatic carbocycles. The zero-order chi connectivity index (χ0) is 13.7. The summed E-state index contributed by atoms with van der Waals surface area (Å²) in [7, 11) is 0. The fourth-order valence-corrected chi connectivity index (χ4v) is 2.52. The lowest BCUT2D eigenvalue weighted by molar-refractivity contribution is -0.157. The van der Waals surface area contributed by atoms with Crippen LogP contribution in [0.1, 0.15) is 52.9 Å². The molecule has 0 heterocycles. The molecule has 1 aliphatic rings. The van der Waals surface area contributed by atoms with Crippen LogP contribution in [-0.4, -0.2) is 23.1 Å². The largest absolute Gasteiger partial charge is 0.481 e. The summed E-state index contributed by atoms with van der Waals surface area (Å²) in [5.74, 6) is 0.271. The summed E-state index contributed by atoms with van der Waals surface area (Å²) in [6.45, 7) is 6.50. The highest BCUT2D eigenvalue weighted by Crippen LogP contribution is 2.35. The van der Waals surface area contributed by atoms with Gasteiger partial charge in [-0.2, -0.15) is 0 Å². The maximum Gasteiger partial charge on any atom is 0.306 e. The van der Waals surface area contributed by atoms with E-state index in [1.165, 1.54) is 6.42 Å². The van der Waals surface area contributed by atoms with Crippen molar-refractivity contribution < 1.29 is 19.4 Å². The molecule has 4 heteroatoms. The molecule has 0 radical (unpaired) electrons. The van der Waals surface area contributed by atoms with Gasteiger partial charge < -0.3 is 9.84 Å². The highest BCUT2D eigenvalue weighted by atomic mass is 16.5. The van der Waals surface area contributed by atoms with Crippen molar-refractivity contribution in [2.24, 2.45) is 17.8 Å². The molecular formula is C14H24O4. The highest BCUT2D eigenvalue weighted by Gasteiger charge is 2.31. The Morgan fingerprint density at radius 3 is 2.50 bits per heavy atom. The van der Waals surface area contributed by atoms with Crippen molar-refractivity contribution in [1.29, 1.82) is 0 Å². The van der Waals surface area contributed by atoms with Gasteiger partial charge in [0.2, 0.25) is 0 Å². The summed E-state index contributed by atoms with van der Waals surface area (Å²) in [6, 6.07) is 0. The Bertz CT molecular complexity index is 298. The van der Waals surface area contributed by atoms with Crippen LogP contribution >= 0.6 is 0 Å². The number of aliphatic carboxylic acids is 1. The van der Waals surface area contributed by atoms with E-state index in [0.29, 0.717) is 17.8 Å². The van der Waals surface area contributed by atoms with Crippen LogP contribution in [0.25, 0.3) is 0 Å². The Kier molecular flexibility index (Phi) is 5.63. The molecule has 4 nitrogen and oxygen atoms in total. The molecule has 18 heavy (non-hydrogen) atoms. The number of carboxylic acids is 1. The van der Waals surface area contributed by atoms with Crippen molar-refractivity contribution >= 4 is 11.9 Å². The number of rotatable bonds is 5. The Balaban J connectivity index is 2.43. The fourth-order valence-electron chi connectivity index (χ4n) is 2.52. The number of esters is 1. The predicted octanol–water partition coefficient (Wildman–Crippen LogP) is 2.86. The van der Waals surface area contributed by atoms with Gasteiger partial charge in [-0.3, -0.25) is 9.59 Å². The SMILES string of the molecule is CC(C)C1CCC(C)C(OC(=O)CCC(=O)O)C1. The van der Waals surface area contributed by atoms with Crippen molar-refractivity contribution in [3.8, 4) is 0 Å². The molecule has 3 atom stereocenters. The molecule has 0 saturated heterocycles. The third-order valence-corrected chi connectivity index (χ3v) is 3.93. The van der Waals surface area contributed by atoms with Gasteiger partial charge >= 0.3 is 11.9 Å². The predicted molar refractivity (Wildman–Crippen MR) is 68.1 cm³/mol. The molecule has 1 aliphatic carbocycles. The minimum Gasteiger partial charge on any atom is -0.481 e. The standard InChI is InChI=1S/C14H24O4/c1-9(2)11-5-4-10(3)12(8-11)18-14(17)7-6-13(15)16/h9-12H,4-8H2,1-3H3,(H,15,16). The molecule has 3 unspecified atom stereocenters. The van der Waals surface area contributed by atoms with E-state index in [1.807, 2.05) is 0 Å². The number of hydrogen-bond donors (Lipinski definition) is 1. The van der Waals surface area contributed by atoms with Crippen molar-refractivity contribution in [3.63, 3.8) is 0 Å². The van der Waals surface area contributed by atoms with E-state index in [4.69, 9.17) is 9.84 Å². The van der Waals surface area contributed by atoms with Crippen LogP contribution in [0.5, 0.6) is 0 Å². The zero-order valence-electron chi connectivity index (χ0n) is 11.5. The normalized spacial score (nSPS) is 28.1. The summed E-state index contributed by atoms with van der Waals surface area (Å²) < 4.78 is 5.43. The third kappa shape index (κ3) is 4.67. The van der Waals surface area contributed by atoms with Crippen LogP contribution in [0.4, 0.5) is 0 Å². The molecule has 104 valence electrons.